The molecule has 5 nitrogen and oxygen atoms in total. The number of aromatic hydroxyl groups is 1. The van der Waals surface area contributed by atoms with Crippen LogP contribution in [0.5, 0.6) is 5.75 Å². The Kier molecular flexibility index (Phi) is 4.21. The predicted octanol–water partition coefficient (Wildman–Crippen LogP) is 3.29. The molecule has 142 valence electrons. The topological polar surface area (TPSA) is 70.5 Å². The van der Waals surface area contributed by atoms with Crippen LogP contribution < -0.4 is 0 Å². The molecule has 1 aliphatic carbocycles. The average molecular weight is 396 g/mol. The van der Waals surface area contributed by atoms with Crippen molar-refractivity contribution in [1.82, 2.24) is 9.88 Å². The number of fused-ring (bicyclic) bond motifs is 2. The van der Waals surface area contributed by atoms with Gasteiger partial charge in [0.15, 0.2) is 17.4 Å². The smallest absolute Gasteiger partial charge is 0.265 e. The number of carbonyl (C=O) groups is 2. The first kappa shape index (κ1) is 18.0. The van der Waals surface area contributed by atoms with E-state index in [4.69, 9.17) is 0 Å². The van der Waals surface area contributed by atoms with Crippen LogP contribution in [-0.4, -0.2) is 39.8 Å². The summed E-state index contributed by atoms with van der Waals surface area (Å²) >= 11 is 0.848. The molecule has 2 aromatic rings. The molecule has 1 aliphatic heterocycles. The number of hydrogen-bond acceptors (Lipinski definition) is 5. The average Bonchev–Trinajstić information content (AvgIpc) is 3.09. The molecule has 1 N–H and O–H groups in total. The summed E-state index contributed by atoms with van der Waals surface area (Å²) < 4.78 is 41.0. The zero-order valence-corrected chi connectivity index (χ0v) is 15.1. The first-order valence-electron chi connectivity index (χ1n) is 8.45. The van der Waals surface area contributed by atoms with Crippen LogP contribution in [0.4, 0.5) is 13.2 Å². The third-order valence-electron chi connectivity index (χ3n) is 5.19. The molecule has 27 heavy (non-hydrogen) atoms. The fraction of sp³-hybridized carbons (Fsp3) is 0.389. The summed E-state index contributed by atoms with van der Waals surface area (Å²) in [4.78, 5) is 30.8. The van der Waals surface area contributed by atoms with Gasteiger partial charge < -0.3 is 10.0 Å². The fourth-order valence-electron chi connectivity index (χ4n) is 3.75. The van der Waals surface area contributed by atoms with E-state index in [-0.39, 0.29) is 33.4 Å². The number of halogens is 3. The van der Waals surface area contributed by atoms with E-state index in [0.717, 1.165) is 24.2 Å². The summed E-state index contributed by atoms with van der Waals surface area (Å²) in [5.74, 6) is -6.21. The van der Waals surface area contributed by atoms with Gasteiger partial charge in [-0.1, -0.05) is 0 Å². The van der Waals surface area contributed by atoms with Crippen LogP contribution in [0, 0.1) is 36.2 Å². The summed E-state index contributed by atoms with van der Waals surface area (Å²) in [6.07, 6.45) is 1.55. The highest BCUT2D eigenvalue weighted by molar-refractivity contribution is 7.17. The van der Waals surface area contributed by atoms with Gasteiger partial charge in [0.05, 0.1) is 11.3 Å². The van der Waals surface area contributed by atoms with Crippen molar-refractivity contribution >= 4 is 23.0 Å². The number of ketones is 1. The second kappa shape index (κ2) is 6.33. The van der Waals surface area contributed by atoms with Gasteiger partial charge in [-0.3, -0.25) is 9.59 Å². The zero-order chi connectivity index (χ0) is 19.5. The van der Waals surface area contributed by atoms with Crippen LogP contribution in [0.2, 0.25) is 0 Å². The molecule has 2 atom stereocenters. The van der Waals surface area contributed by atoms with Crippen molar-refractivity contribution in [3.8, 4) is 16.3 Å². The highest BCUT2D eigenvalue weighted by Gasteiger charge is 2.42. The number of likely N-dealkylation sites (tertiary alicyclic amines) is 1. The van der Waals surface area contributed by atoms with Crippen molar-refractivity contribution in [1.29, 1.82) is 0 Å². The van der Waals surface area contributed by atoms with Crippen molar-refractivity contribution in [3.05, 3.63) is 34.1 Å². The first-order valence-corrected chi connectivity index (χ1v) is 9.26. The second-order valence-electron chi connectivity index (χ2n) is 6.90. The van der Waals surface area contributed by atoms with E-state index in [2.05, 4.69) is 4.98 Å². The first-order chi connectivity index (χ1) is 12.8. The molecule has 1 aromatic carbocycles. The highest BCUT2D eigenvalue weighted by atomic mass is 32.1. The monoisotopic (exact) mass is 396 g/mol. The molecule has 1 saturated carbocycles. The number of carbonyl (C=O) groups excluding carboxylic acids is 2. The molecule has 0 spiro atoms. The van der Waals surface area contributed by atoms with E-state index in [9.17, 15) is 27.9 Å². The van der Waals surface area contributed by atoms with Gasteiger partial charge in [0.1, 0.15) is 15.7 Å². The second-order valence-corrected chi connectivity index (χ2v) is 7.90. The van der Waals surface area contributed by atoms with E-state index in [1.807, 2.05) is 0 Å². The third kappa shape index (κ3) is 2.80. The fourth-order valence-corrected chi connectivity index (χ4v) is 4.80. The molecule has 2 fully saturated rings. The predicted molar refractivity (Wildman–Crippen MR) is 91.0 cm³/mol. The quantitative estimate of drug-likeness (QED) is 0.791. The van der Waals surface area contributed by atoms with E-state index < -0.39 is 28.8 Å². The zero-order valence-electron chi connectivity index (χ0n) is 14.3. The Morgan fingerprint density at radius 2 is 1.85 bits per heavy atom. The van der Waals surface area contributed by atoms with Crippen LogP contribution in [0.3, 0.4) is 0 Å². The number of rotatable bonds is 2. The minimum atomic E-state index is -1.67. The Bertz CT molecular complexity index is 959. The molecule has 1 amide bonds. The lowest BCUT2D eigenvalue weighted by Crippen LogP contribution is -2.45. The molecule has 1 aromatic heterocycles. The summed E-state index contributed by atoms with van der Waals surface area (Å²) in [6.45, 7) is 2.26. The SMILES string of the molecule is Cc1nc(-c2cc(F)c(F)c(O)c2F)sc1C(=O)N1CC2CCC(C1)C2=O. The van der Waals surface area contributed by atoms with Crippen molar-refractivity contribution in [2.45, 2.75) is 19.8 Å². The number of Topliss-reactive ketones (excluding diaryl/α,β-unsaturated/α-hetero) is 1. The lowest BCUT2D eigenvalue weighted by molar-refractivity contribution is -0.126. The van der Waals surface area contributed by atoms with Crippen LogP contribution in [-0.2, 0) is 4.79 Å². The Morgan fingerprint density at radius 1 is 1.22 bits per heavy atom. The summed E-state index contributed by atoms with van der Waals surface area (Å²) in [5, 5.41) is 9.36. The van der Waals surface area contributed by atoms with Gasteiger partial charge in [0.25, 0.3) is 5.91 Å². The van der Waals surface area contributed by atoms with Crippen molar-refractivity contribution in [3.63, 3.8) is 0 Å². The maximum absolute atomic E-state index is 14.2. The van der Waals surface area contributed by atoms with Crippen molar-refractivity contribution < 1.29 is 27.9 Å². The number of piperidine rings is 1. The van der Waals surface area contributed by atoms with Crippen molar-refractivity contribution in [2.75, 3.05) is 13.1 Å². The number of hydrogen-bond donors (Lipinski definition) is 1. The molecule has 2 heterocycles. The standard InChI is InChI=1S/C18H15F3N2O3S/c1-7-16(18(26)23-5-8-2-3-9(6-23)14(8)24)27-17(22-7)10-4-11(19)13(21)15(25)12(10)20/h4,8-9,25H,2-3,5-6H2,1H3. The third-order valence-corrected chi connectivity index (χ3v) is 6.37. The molecular weight excluding hydrogens is 381 g/mol. The number of aromatic nitrogens is 1. The van der Waals surface area contributed by atoms with Gasteiger partial charge in [0, 0.05) is 24.9 Å². The Balaban J connectivity index is 1.67. The molecule has 2 unspecified atom stereocenters. The van der Waals surface area contributed by atoms with Crippen molar-refractivity contribution in [2.24, 2.45) is 11.8 Å². The number of amides is 1. The van der Waals surface area contributed by atoms with Crippen LogP contribution in [0.25, 0.3) is 10.6 Å². The number of aryl methyl sites for hydroxylation is 1. The number of phenols is 1. The van der Waals surface area contributed by atoms with Gasteiger partial charge in [0.2, 0.25) is 5.82 Å². The Hall–Kier alpha value is -2.42. The number of nitrogens with zero attached hydrogens (tertiary/aromatic N) is 2. The number of thiazole rings is 1. The van der Waals surface area contributed by atoms with Crippen LogP contribution in [0.15, 0.2) is 6.07 Å². The van der Waals surface area contributed by atoms with E-state index in [1.54, 1.807) is 11.8 Å². The minimum Gasteiger partial charge on any atom is -0.503 e. The Morgan fingerprint density at radius 3 is 2.48 bits per heavy atom. The lowest BCUT2D eigenvalue weighted by Gasteiger charge is -2.30. The maximum atomic E-state index is 14.2. The van der Waals surface area contributed by atoms with Crippen LogP contribution >= 0.6 is 11.3 Å². The van der Waals surface area contributed by atoms with Gasteiger partial charge in [-0.25, -0.2) is 13.8 Å². The van der Waals surface area contributed by atoms with E-state index in [0.29, 0.717) is 24.8 Å². The van der Waals surface area contributed by atoms with Gasteiger partial charge in [-0.15, -0.1) is 11.3 Å². The van der Waals surface area contributed by atoms with Gasteiger partial charge in [-0.05, 0) is 25.8 Å². The van der Waals surface area contributed by atoms with Crippen LogP contribution in [0.1, 0.15) is 28.2 Å². The molecule has 2 bridgehead atoms. The minimum absolute atomic E-state index is 0.0291. The molecule has 9 heteroatoms. The lowest BCUT2D eigenvalue weighted by atomic mass is 9.97. The van der Waals surface area contributed by atoms with Gasteiger partial charge >= 0.3 is 0 Å². The molecule has 4 rings (SSSR count). The number of benzene rings is 1. The summed E-state index contributed by atoms with van der Waals surface area (Å²) in [7, 11) is 0. The summed E-state index contributed by atoms with van der Waals surface area (Å²) in [5.41, 5.74) is -0.0830. The molecular formula is C18H15F3N2O3S. The normalized spacial score (nSPS) is 21.8. The molecule has 0 radical (unpaired) electrons. The molecule has 2 aliphatic rings. The van der Waals surface area contributed by atoms with E-state index in [1.165, 1.54) is 0 Å². The molecule has 1 saturated heterocycles. The highest BCUT2D eigenvalue weighted by Crippen LogP contribution is 2.38. The van der Waals surface area contributed by atoms with E-state index >= 15 is 0 Å². The Labute approximate surface area is 156 Å². The summed E-state index contributed by atoms with van der Waals surface area (Å²) in [6, 6.07) is 0.608. The maximum Gasteiger partial charge on any atom is 0.265 e. The van der Waals surface area contributed by atoms with Gasteiger partial charge in [-0.2, -0.15) is 4.39 Å². The largest absolute Gasteiger partial charge is 0.503 e. The number of phenolic OH excluding ortho intramolecular Hbond substituents is 1.